The molecule has 0 fully saturated rings. The zero-order valence-electron chi connectivity index (χ0n) is 14.9. The van der Waals surface area contributed by atoms with Crippen LogP contribution in [0.4, 0.5) is 0 Å². The Morgan fingerprint density at radius 2 is 2.04 bits per heavy atom. The van der Waals surface area contributed by atoms with E-state index in [9.17, 15) is 9.59 Å². The maximum absolute atomic E-state index is 12.6. The minimum absolute atomic E-state index is 0.182. The zero-order valence-corrected chi connectivity index (χ0v) is 17.3. The summed E-state index contributed by atoms with van der Waals surface area (Å²) < 4.78 is 15.6. The van der Waals surface area contributed by atoms with Gasteiger partial charge >= 0.3 is 5.76 Å². The lowest BCUT2D eigenvalue weighted by molar-refractivity contribution is -0.118. The first kappa shape index (κ1) is 18.9. The fourth-order valence-electron chi connectivity index (χ4n) is 2.97. The number of halogens is 1. The molecule has 0 spiro atoms. The Morgan fingerprint density at radius 3 is 2.86 bits per heavy atom. The van der Waals surface area contributed by atoms with Crippen molar-refractivity contribution in [3.05, 3.63) is 62.3 Å². The van der Waals surface area contributed by atoms with E-state index in [1.807, 2.05) is 22.8 Å². The monoisotopic (exact) mass is 461 g/mol. The predicted molar refractivity (Wildman–Crippen MR) is 110 cm³/mol. The molecule has 7 nitrogen and oxygen atoms in total. The summed E-state index contributed by atoms with van der Waals surface area (Å²) in [6, 6.07) is 12.9. The number of amides is 1. The molecule has 0 radical (unpaired) electrons. The first-order valence-electron chi connectivity index (χ1n) is 8.50. The number of para-hydroxylation sites is 2. The summed E-state index contributed by atoms with van der Waals surface area (Å²) in [5, 5.41) is 0. The van der Waals surface area contributed by atoms with Crippen molar-refractivity contribution in [1.29, 1.82) is 0 Å². The third-order valence-corrected chi connectivity index (χ3v) is 5.79. The SMILES string of the molecule is COCCn1c(=NC(=O)Cn2c(=O)oc3ccccc32)sc2cc(Br)ccc21. The average molecular weight is 462 g/mol. The van der Waals surface area contributed by atoms with Crippen LogP contribution in [0.5, 0.6) is 0 Å². The summed E-state index contributed by atoms with van der Waals surface area (Å²) >= 11 is 4.88. The molecule has 0 bridgehead atoms. The summed E-state index contributed by atoms with van der Waals surface area (Å²) in [5.41, 5.74) is 1.99. The number of oxazole rings is 1. The number of fused-ring (bicyclic) bond motifs is 2. The van der Waals surface area contributed by atoms with Gasteiger partial charge in [-0.15, -0.1) is 0 Å². The number of carbonyl (C=O) groups excluding carboxylic acids is 1. The number of aromatic nitrogens is 2. The third-order valence-electron chi connectivity index (χ3n) is 4.25. The van der Waals surface area contributed by atoms with Gasteiger partial charge in [0, 0.05) is 18.1 Å². The molecular formula is C19H16BrN3O4S. The molecule has 0 unspecified atom stereocenters. The van der Waals surface area contributed by atoms with Crippen molar-refractivity contribution in [1.82, 2.24) is 9.13 Å². The van der Waals surface area contributed by atoms with Crippen LogP contribution in [-0.2, 0) is 22.6 Å². The minimum Gasteiger partial charge on any atom is -0.408 e. The van der Waals surface area contributed by atoms with Crippen LogP contribution in [0.3, 0.4) is 0 Å². The lowest BCUT2D eigenvalue weighted by Gasteiger charge is -2.04. The number of rotatable bonds is 5. The van der Waals surface area contributed by atoms with E-state index in [4.69, 9.17) is 9.15 Å². The van der Waals surface area contributed by atoms with Crippen molar-refractivity contribution in [3.8, 4) is 0 Å². The highest BCUT2D eigenvalue weighted by Crippen LogP contribution is 2.22. The van der Waals surface area contributed by atoms with Crippen LogP contribution in [0.25, 0.3) is 21.3 Å². The summed E-state index contributed by atoms with van der Waals surface area (Å²) in [6.07, 6.45) is 0. The molecule has 1 amide bonds. The first-order chi connectivity index (χ1) is 13.6. The molecule has 0 aliphatic rings. The smallest absolute Gasteiger partial charge is 0.408 e. The van der Waals surface area contributed by atoms with Gasteiger partial charge in [0.25, 0.3) is 5.91 Å². The van der Waals surface area contributed by atoms with Crippen LogP contribution in [-0.4, -0.2) is 28.8 Å². The maximum atomic E-state index is 12.6. The average Bonchev–Trinajstić information content (AvgIpc) is 3.16. The van der Waals surface area contributed by atoms with Crippen molar-refractivity contribution in [3.63, 3.8) is 0 Å². The van der Waals surface area contributed by atoms with Gasteiger partial charge in [0.15, 0.2) is 10.4 Å². The van der Waals surface area contributed by atoms with E-state index in [1.165, 1.54) is 15.9 Å². The van der Waals surface area contributed by atoms with E-state index in [2.05, 4.69) is 20.9 Å². The molecule has 0 saturated carbocycles. The van der Waals surface area contributed by atoms with Crippen LogP contribution >= 0.6 is 27.3 Å². The summed E-state index contributed by atoms with van der Waals surface area (Å²) in [6.45, 7) is 0.881. The zero-order chi connectivity index (χ0) is 19.7. The molecule has 0 atom stereocenters. The van der Waals surface area contributed by atoms with Crippen molar-refractivity contribution >= 4 is 54.5 Å². The molecule has 28 heavy (non-hydrogen) atoms. The Bertz CT molecular complexity index is 1300. The molecule has 2 heterocycles. The number of hydrogen-bond donors (Lipinski definition) is 0. The summed E-state index contributed by atoms with van der Waals surface area (Å²) in [7, 11) is 1.63. The molecule has 4 rings (SSSR count). The highest BCUT2D eigenvalue weighted by molar-refractivity contribution is 9.10. The molecule has 0 N–H and O–H groups in total. The summed E-state index contributed by atoms with van der Waals surface area (Å²) in [4.78, 5) is 29.6. The lowest BCUT2D eigenvalue weighted by Crippen LogP contribution is -2.23. The Morgan fingerprint density at radius 1 is 1.21 bits per heavy atom. The Balaban J connectivity index is 1.75. The number of carbonyl (C=O) groups is 1. The molecule has 0 saturated heterocycles. The van der Waals surface area contributed by atoms with Crippen molar-refractivity contribution in [2.75, 3.05) is 13.7 Å². The van der Waals surface area contributed by atoms with Crippen LogP contribution in [0.15, 0.2) is 61.1 Å². The summed E-state index contributed by atoms with van der Waals surface area (Å²) in [5.74, 6) is -0.997. The lowest BCUT2D eigenvalue weighted by atomic mass is 10.3. The number of ether oxygens (including phenoxy) is 1. The van der Waals surface area contributed by atoms with Crippen LogP contribution in [0, 0.1) is 0 Å². The largest absolute Gasteiger partial charge is 0.420 e. The first-order valence-corrected chi connectivity index (χ1v) is 10.1. The number of nitrogens with zero attached hydrogens (tertiary/aromatic N) is 3. The van der Waals surface area contributed by atoms with Gasteiger partial charge in [0.05, 0.1) is 22.3 Å². The van der Waals surface area contributed by atoms with E-state index < -0.39 is 11.7 Å². The second-order valence-electron chi connectivity index (χ2n) is 6.07. The number of methoxy groups -OCH3 is 1. The highest BCUT2D eigenvalue weighted by Gasteiger charge is 2.13. The maximum Gasteiger partial charge on any atom is 0.420 e. The van der Waals surface area contributed by atoms with E-state index in [1.54, 1.807) is 31.4 Å². The third kappa shape index (κ3) is 3.60. The molecule has 2 aromatic heterocycles. The molecule has 4 aromatic rings. The molecular weight excluding hydrogens is 446 g/mol. The number of hydrogen-bond acceptors (Lipinski definition) is 5. The second-order valence-corrected chi connectivity index (χ2v) is 7.99. The second kappa shape index (κ2) is 7.86. The van der Waals surface area contributed by atoms with E-state index in [0.29, 0.717) is 29.1 Å². The highest BCUT2D eigenvalue weighted by atomic mass is 79.9. The molecule has 144 valence electrons. The van der Waals surface area contributed by atoms with Gasteiger partial charge in [-0.05, 0) is 30.3 Å². The number of thiazole rings is 1. The van der Waals surface area contributed by atoms with Gasteiger partial charge in [0.2, 0.25) is 0 Å². The molecule has 9 heteroatoms. The van der Waals surface area contributed by atoms with Crippen LogP contribution < -0.4 is 10.6 Å². The van der Waals surface area contributed by atoms with Gasteiger partial charge in [-0.3, -0.25) is 9.36 Å². The number of benzene rings is 2. The Kier molecular flexibility index (Phi) is 5.29. The van der Waals surface area contributed by atoms with Crippen molar-refractivity contribution in [2.24, 2.45) is 4.99 Å². The standard InChI is InChI=1S/C19H16BrN3O4S/c1-26-9-8-22-14-7-6-12(20)10-16(14)28-18(22)21-17(24)11-23-13-4-2-3-5-15(13)27-19(23)25/h2-7,10H,8-9,11H2,1H3. The van der Waals surface area contributed by atoms with Crippen molar-refractivity contribution in [2.45, 2.75) is 13.1 Å². The fourth-order valence-corrected chi connectivity index (χ4v) is 4.60. The molecule has 0 aliphatic carbocycles. The van der Waals surface area contributed by atoms with E-state index >= 15 is 0 Å². The van der Waals surface area contributed by atoms with E-state index in [-0.39, 0.29) is 6.54 Å². The van der Waals surface area contributed by atoms with Gasteiger partial charge in [-0.25, -0.2) is 4.79 Å². The predicted octanol–water partition coefficient (Wildman–Crippen LogP) is 3.15. The Hall–Kier alpha value is -2.49. The van der Waals surface area contributed by atoms with Crippen LogP contribution in [0.2, 0.25) is 0 Å². The van der Waals surface area contributed by atoms with Crippen LogP contribution in [0.1, 0.15) is 0 Å². The minimum atomic E-state index is -0.572. The van der Waals surface area contributed by atoms with Gasteiger partial charge in [-0.1, -0.05) is 39.4 Å². The normalized spacial score (nSPS) is 12.3. The molecule has 0 aliphatic heterocycles. The van der Waals surface area contributed by atoms with Gasteiger partial charge in [-0.2, -0.15) is 4.99 Å². The van der Waals surface area contributed by atoms with Gasteiger partial charge < -0.3 is 13.7 Å². The fraction of sp³-hybridized carbons (Fsp3) is 0.211. The van der Waals surface area contributed by atoms with Gasteiger partial charge in [0.1, 0.15) is 6.54 Å². The Labute approximate surface area is 171 Å². The van der Waals surface area contributed by atoms with E-state index in [0.717, 1.165) is 14.7 Å². The quantitative estimate of drug-likeness (QED) is 0.457. The molecule has 2 aromatic carbocycles. The van der Waals surface area contributed by atoms with Crippen molar-refractivity contribution < 1.29 is 13.9 Å². The topological polar surface area (TPSA) is 78.7 Å².